The summed E-state index contributed by atoms with van der Waals surface area (Å²) in [6.07, 6.45) is 2.78. The smallest absolute Gasteiger partial charge is 0.231 e. The minimum atomic E-state index is -0.432. The van der Waals surface area contributed by atoms with Gasteiger partial charge in [-0.15, -0.1) is 0 Å². The van der Waals surface area contributed by atoms with E-state index in [1.54, 1.807) is 21.3 Å². The summed E-state index contributed by atoms with van der Waals surface area (Å²) in [6.45, 7) is 1.46. The van der Waals surface area contributed by atoms with Crippen LogP contribution in [0.1, 0.15) is 45.5 Å². The van der Waals surface area contributed by atoms with Crippen LogP contribution in [0.25, 0.3) is 0 Å². The first kappa shape index (κ1) is 29.0. The summed E-state index contributed by atoms with van der Waals surface area (Å²) in [5, 5.41) is 14.2. The molecule has 0 aliphatic carbocycles. The van der Waals surface area contributed by atoms with Gasteiger partial charge < -0.3 is 38.3 Å². The molecule has 0 radical (unpaired) electrons. The van der Waals surface area contributed by atoms with E-state index in [9.17, 15) is 5.21 Å². The van der Waals surface area contributed by atoms with E-state index in [4.69, 9.17) is 28.4 Å². The Labute approximate surface area is 268 Å². The molecule has 46 heavy (non-hydrogen) atoms. The average molecular weight is 623 g/mol. The molecule has 0 aromatic heterocycles. The van der Waals surface area contributed by atoms with Gasteiger partial charge in [0.25, 0.3) is 0 Å². The fourth-order valence-corrected chi connectivity index (χ4v) is 7.46. The van der Waals surface area contributed by atoms with Crippen molar-refractivity contribution in [2.24, 2.45) is 0 Å². The lowest BCUT2D eigenvalue weighted by molar-refractivity contribution is -0.894. The quantitative estimate of drug-likeness (QED) is 0.177. The lowest BCUT2D eigenvalue weighted by Crippen LogP contribution is -2.47. The molecule has 9 rings (SSSR count). The highest BCUT2D eigenvalue weighted by atomic mass is 16.7. The van der Waals surface area contributed by atoms with Crippen LogP contribution in [0.3, 0.4) is 0 Å². The van der Waals surface area contributed by atoms with Crippen LogP contribution in [0, 0.1) is 5.21 Å². The number of benzene rings is 4. The number of fused-ring (bicyclic) bond motifs is 3. The van der Waals surface area contributed by atoms with Gasteiger partial charge in [0.05, 0.1) is 33.4 Å². The number of hydrogen-bond acceptors (Lipinski definition) is 8. The highest BCUT2D eigenvalue weighted by Crippen LogP contribution is 2.54. The van der Waals surface area contributed by atoms with E-state index in [0.717, 1.165) is 41.6 Å². The van der Waals surface area contributed by atoms with E-state index < -0.39 is 10.7 Å². The molecule has 5 aliphatic rings. The standard InChI is InChI=1S/C37H38N2O7/c1-38-13-11-24-18-31(42-4)33-20-27(24)28(38)15-23-7-10-30(41-3)32(17-23)45-26-8-5-22(6-9-26)16-29-35-25(12-14-39(29,2)40)19-34-36(37(35)46-33)44-21-43-34/h5-10,17-20,28-29H,11-16,21H2,1-4H3. The second kappa shape index (κ2) is 11.1. The van der Waals surface area contributed by atoms with Crippen LogP contribution in [0.5, 0.6) is 46.0 Å². The van der Waals surface area contributed by atoms with Crippen molar-refractivity contribution in [2.75, 3.05) is 48.2 Å². The Kier molecular flexibility index (Phi) is 7.01. The van der Waals surface area contributed by atoms with Gasteiger partial charge in [-0.3, -0.25) is 4.90 Å². The zero-order chi connectivity index (χ0) is 31.6. The van der Waals surface area contributed by atoms with Gasteiger partial charge in [-0.25, -0.2) is 0 Å². The molecular weight excluding hydrogens is 584 g/mol. The van der Waals surface area contributed by atoms with E-state index in [1.807, 2.05) is 36.4 Å². The van der Waals surface area contributed by atoms with Crippen LogP contribution in [-0.4, -0.2) is 57.7 Å². The Balaban J connectivity index is 1.35. The number of nitrogens with zero attached hydrogens (tertiary/aromatic N) is 2. The van der Waals surface area contributed by atoms with Crippen molar-refractivity contribution in [1.82, 2.24) is 4.90 Å². The second-order valence-electron chi connectivity index (χ2n) is 12.9. The highest BCUT2D eigenvalue weighted by molar-refractivity contribution is 5.64. The summed E-state index contributed by atoms with van der Waals surface area (Å²) >= 11 is 0. The zero-order valence-corrected chi connectivity index (χ0v) is 26.6. The lowest BCUT2D eigenvalue weighted by atomic mass is 9.87. The van der Waals surface area contributed by atoms with E-state index in [1.165, 1.54) is 11.1 Å². The number of likely N-dealkylation sites (N-methyl/N-ethyl adjacent to an activating group) is 2. The van der Waals surface area contributed by atoms with Crippen molar-refractivity contribution in [1.29, 1.82) is 0 Å². The Morgan fingerprint density at radius 3 is 2.37 bits per heavy atom. The predicted molar refractivity (Wildman–Crippen MR) is 172 cm³/mol. The largest absolute Gasteiger partial charge is 0.633 e. The molecule has 0 spiro atoms. The second-order valence-corrected chi connectivity index (χ2v) is 12.9. The average Bonchev–Trinajstić information content (AvgIpc) is 3.53. The molecule has 4 aromatic rings. The van der Waals surface area contributed by atoms with Gasteiger partial charge in [0.1, 0.15) is 11.8 Å². The van der Waals surface area contributed by atoms with Crippen LogP contribution >= 0.6 is 0 Å². The van der Waals surface area contributed by atoms with Crippen molar-refractivity contribution >= 4 is 0 Å². The Bertz CT molecular complexity index is 1820. The van der Waals surface area contributed by atoms with Gasteiger partial charge in [-0.2, -0.15) is 0 Å². The molecule has 3 unspecified atom stereocenters. The first-order chi connectivity index (χ1) is 22.3. The minimum Gasteiger partial charge on any atom is -0.633 e. The normalized spacial score (nSPS) is 23.0. The van der Waals surface area contributed by atoms with Crippen LogP contribution < -0.4 is 28.4 Å². The summed E-state index contributed by atoms with van der Waals surface area (Å²) in [6, 6.07) is 20.0. The van der Waals surface area contributed by atoms with Crippen molar-refractivity contribution in [3.05, 3.63) is 99.3 Å². The van der Waals surface area contributed by atoms with Crippen LogP contribution in [-0.2, 0) is 25.7 Å². The van der Waals surface area contributed by atoms with E-state index in [2.05, 4.69) is 36.2 Å². The van der Waals surface area contributed by atoms with E-state index in [0.29, 0.717) is 65.4 Å². The molecule has 0 N–H and O–H groups in total. The number of hydroxylamine groups is 3. The van der Waals surface area contributed by atoms with Crippen molar-refractivity contribution in [2.45, 2.75) is 37.8 Å². The van der Waals surface area contributed by atoms with E-state index >= 15 is 0 Å². The lowest BCUT2D eigenvalue weighted by Gasteiger charge is -2.49. The third-order valence-corrected chi connectivity index (χ3v) is 10.1. The van der Waals surface area contributed by atoms with Crippen molar-refractivity contribution in [3.8, 4) is 46.0 Å². The fraction of sp³-hybridized carbons (Fsp3) is 0.351. The van der Waals surface area contributed by atoms with Gasteiger partial charge >= 0.3 is 0 Å². The van der Waals surface area contributed by atoms with Crippen molar-refractivity contribution in [3.63, 3.8) is 0 Å². The van der Waals surface area contributed by atoms with Crippen LogP contribution in [0.2, 0.25) is 0 Å². The molecule has 3 atom stereocenters. The molecule has 0 saturated carbocycles. The van der Waals surface area contributed by atoms with Gasteiger partial charge in [0, 0.05) is 25.4 Å². The van der Waals surface area contributed by atoms with E-state index in [-0.39, 0.29) is 12.8 Å². The number of methoxy groups -OCH3 is 2. The molecule has 4 aromatic carbocycles. The van der Waals surface area contributed by atoms with Gasteiger partial charge in [0.15, 0.2) is 34.5 Å². The van der Waals surface area contributed by atoms with Gasteiger partial charge in [-0.1, -0.05) is 18.2 Å². The SMILES string of the molecule is COc1ccc2cc1Oc1ccc(cc1)CC1c3c(cc4c(c3Oc3cc5c(cc3OC)CCN(C)C5C2)OCO4)CC[N+]1(C)[O-]. The number of hydrogen-bond donors (Lipinski definition) is 0. The Morgan fingerprint density at radius 1 is 0.783 bits per heavy atom. The minimum absolute atomic E-state index is 0.0840. The summed E-state index contributed by atoms with van der Waals surface area (Å²) < 4.78 is 36.4. The molecule has 238 valence electrons. The molecule has 6 bridgehead atoms. The third kappa shape index (κ3) is 4.90. The summed E-state index contributed by atoms with van der Waals surface area (Å²) in [5.41, 5.74) is 6.47. The molecule has 0 amide bonds. The Hall–Kier alpha value is -4.44. The maximum atomic E-state index is 14.2. The van der Waals surface area contributed by atoms with Crippen molar-refractivity contribution < 1.29 is 33.1 Å². The number of quaternary nitrogens is 1. The predicted octanol–water partition coefficient (Wildman–Crippen LogP) is 6.89. The van der Waals surface area contributed by atoms with Crippen LogP contribution in [0.15, 0.2) is 60.7 Å². The monoisotopic (exact) mass is 622 g/mol. The maximum absolute atomic E-state index is 14.2. The summed E-state index contributed by atoms with van der Waals surface area (Å²) in [7, 11) is 7.24. The molecule has 5 aliphatic heterocycles. The van der Waals surface area contributed by atoms with Gasteiger partial charge in [0.2, 0.25) is 12.5 Å². The zero-order valence-electron chi connectivity index (χ0n) is 26.6. The molecule has 9 heteroatoms. The number of ether oxygens (including phenoxy) is 6. The fourth-order valence-electron chi connectivity index (χ4n) is 7.46. The molecule has 9 nitrogen and oxygen atoms in total. The molecule has 0 fully saturated rings. The highest BCUT2D eigenvalue weighted by Gasteiger charge is 2.40. The topological polar surface area (TPSA) is 81.7 Å². The first-order valence-corrected chi connectivity index (χ1v) is 15.9. The summed E-state index contributed by atoms with van der Waals surface area (Å²) in [5.74, 6) is 4.97. The molecule has 0 saturated heterocycles. The molecular formula is C37H38N2O7. The number of rotatable bonds is 2. The van der Waals surface area contributed by atoms with Crippen LogP contribution in [0.4, 0.5) is 0 Å². The van der Waals surface area contributed by atoms with Gasteiger partial charge in [-0.05, 0) is 90.2 Å². The maximum Gasteiger partial charge on any atom is 0.231 e. The Morgan fingerprint density at radius 2 is 1.57 bits per heavy atom. The first-order valence-electron chi connectivity index (χ1n) is 15.9. The summed E-state index contributed by atoms with van der Waals surface area (Å²) in [4.78, 5) is 2.38. The molecule has 5 heterocycles. The third-order valence-electron chi connectivity index (χ3n) is 10.1.